The predicted octanol–water partition coefficient (Wildman–Crippen LogP) is 4.35. The van der Waals surface area contributed by atoms with Gasteiger partial charge in [-0.3, -0.25) is 0 Å². The lowest BCUT2D eigenvalue weighted by Crippen LogP contribution is -2.29. The highest BCUT2D eigenvalue weighted by molar-refractivity contribution is 6.30. The minimum Gasteiger partial charge on any atom is -0.207 e. The monoisotopic (exact) mass is 263 g/mol. The SMILES string of the molecule is N#CC1(Cc2cc(Cl)ccc2F)CC2CCC1C2. The van der Waals surface area contributed by atoms with E-state index in [-0.39, 0.29) is 11.2 Å². The third kappa shape index (κ3) is 1.82. The van der Waals surface area contributed by atoms with Gasteiger partial charge in [0, 0.05) is 5.02 Å². The lowest BCUT2D eigenvalue weighted by molar-refractivity contribution is 0.237. The van der Waals surface area contributed by atoms with Crippen molar-refractivity contribution in [1.82, 2.24) is 0 Å². The van der Waals surface area contributed by atoms with Crippen molar-refractivity contribution in [2.75, 3.05) is 0 Å². The summed E-state index contributed by atoms with van der Waals surface area (Å²) in [5.74, 6) is 0.888. The first-order chi connectivity index (χ1) is 8.63. The molecule has 3 unspecified atom stereocenters. The van der Waals surface area contributed by atoms with Crippen LogP contribution < -0.4 is 0 Å². The lowest BCUT2D eigenvalue weighted by Gasteiger charge is -2.31. The molecule has 0 amide bonds. The molecule has 0 aromatic heterocycles. The number of benzene rings is 1. The fraction of sp³-hybridized carbons (Fsp3) is 0.533. The largest absolute Gasteiger partial charge is 0.207 e. The number of halogens is 2. The number of rotatable bonds is 2. The summed E-state index contributed by atoms with van der Waals surface area (Å²) in [5.41, 5.74) is 0.241. The highest BCUT2D eigenvalue weighted by Crippen LogP contribution is 2.57. The molecule has 2 aliphatic rings. The topological polar surface area (TPSA) is 23.8 Å². The first kappa shape index (κ1) is 12.0. The van der Waals surface area contributed by atoms with E-state index in [1.165, 1.54) is 12.5 Å². The molecule has 0 saturated heterocycles. The van der Waals surface area contributed by atoms with Gasteiger partial charge in [0.15, 0.2) is 0 Å². The molecule has 2 saturated carbocycles. The Kier molecular flexibility index (Phi) is 2.83. The van der Waals surface area contributed by atoms with E-state index >= 15 is 0 Å². The van der Waals surface area contributed by atoms with Gasteiger partial charge in [0.2, 0.25) is 0 Å². The molecule has 3 atom stereocenters. The van der Waals surface area contributed by atoms with Gasteiger partial charge in [0.25, 0.3) is 0 Å². The Morgan fingerprint density at radius 2 is 2.28 bits per heavy atom. The molecular formula is C15H15ClFN. The minimum atomic E-state index is -0.353. The summed E-state index contributed by atoms with van der Waals surface area (Å²) in [7, 11) is 0. The molecule has 0 spiro atoms. The summed E-state index contributed by atoms with van der Waals surface area (Å²) in [6, 6.07) is 7.12. The molecule has 0 radical (unpaired) electrons. The van der Waals surface area contributed by atoms with Crippen molar-refractivity contribution >= 4 is 11.6 Å². The second-order valence-corrected chi connectivity index (χ2v) is 6.20. The molecule has 0 N–H and O–H groups in total. The van der Waals surface area contributed by atoms with Gasteiger partial charge < -0.3 is 0 Å². The molecule has 94 valence electrons. The van der Waals surface area contributed by atoms with E-state index in [1.807, 2.05) is 0 Å². The summed E-state index contributed by atoms with van der Waals surface area (Å²) in [6.45, 7) is 0. The highest BCUT2D eigenvalue weighted by Gasteiger charge is 2.51. The smallest absolute Gasteiger partial charge is 0.126 e. The summed E-state index contributed by atoms with van der Waals surface area (Å²) in [6.07, 6.45) is 4.96. The standard InChI is InChI=1S/C15H15ClFN/c16-13-3-4-14(17)11(6-13)8-15(9-18)7-10-1-2-12(15)5-10/h3-4,6,10,12H,1-2,5,7-8H2. The van der Waals surface area contributed by atoms with Gasteiger partial charge in [0.1, 0.15) is 5.82 Å². The number of hydrogen-bond donors (Lipinski definition) is 0. The Morgan fingerprint density at radius 3 is 2.89 bits per heavy atom. The number of nitrogens with zero attached hydrogens (tertiary/aromatic N) is 1. The second kappa shape index (κ2) is 4.24. The van der Waals surface area contributed by atoms with Gasteiger partial charge in [-0.15, -0.1) is 0 Å². The Bertz CT molecular complexity index is 522. The van der Waals surface area contributed by atoms with Crippen LogP contribution >= 0.6 is 11.6 Å². The van der Waals surface area contributed by atoms with E-state index in [2.05, 4.69) is 6.07 Å². The van der Waals surface area contributed by atoms with Crippen molar-refractivity contribution in [3.8, 4) is 6.07 Å². The average Bonchev–Trinajstić information content (AvgIpc) is 2.94. The van der Waals surface area contributed by atoms with Gasteiger partial charge in [-0.2, -0.15) is 5.26 Å². The van der Waals surface area contributed by atoms with Crippen LogP contribution in [0.25, 0.3) is 0 Å². The van der Waals surface area contributed by atoms with Gasteiger partial charge in [-0.05, 0) is 61.3 Å². The maximum Gasteiger partial charge on any atom is 0.126 e. The molecule has 3 heteroatoms. The van der Waals surface area contributed by atoms with Gasteiger partial charge in [-0.25, -0.2) is 4.39 Å². The quantitative estimate of drug-likeness (QED) is 0.778. The summed E-state index contributed by atoms with van der Waals surface area (Å²) < 4.78 is 13.8. The van der Waals surface area contributed by atoms with E-state index in [0.29, 0.717) is 28.8 Å². The van der Waals surface area contributed by atoms with E-state index in [1.54, 1.807) is 12.1 Å². The van der Waals surface area contributed by atoms with Crippen LogP contribution in [-0.4, -0.2) is 0 Å². The maximum atomic E-state index is 13.8. The molecule has 2 aliphatic carbocycles. The van der Waals surface area contributed by atoms with Crippen LogP contribution in [0.2, 0.25) is 5.02 Å². The van der Waals surface area contributed by atoms with Gasteiger partial charge >= 0.3 is 0 Å². The van der Waals surface area contributed by atoms with Crippen molar-refractivity contribution in [3.63, 3.8) is 0 Å². The Balaban J connectivity index is 1.91. The Labute approximate surface area is 112 Å². The van der Waals surface area contributed by atoms with Crippen molar-refractivity contribution in [2.24, 2.45) is 17.3 Å². The fourth-order valence-corrected chi connectivity index (χ4v) is 4.05. The third-order valence-corrected chi connectivity index (χ3v) is 4.95. The van der Waals surface area contributed by atoms with Crippen LogP contribution in [0.15, 0.2) is 18.2 Å². The normalized spacial score (nSPS) is 33.6. The van der Waals surface area contributed by atoms with Crippen molar-refractivity contribution in [3.05, 3.63) is 34.6 Å². The van der Waals surface area contributed by atoms with E-state index < -0.39 is 0 Å². The van der Waals surface area contributed by atoms with Crippen molar-refractivity contribution in [1.29, 1.82) is 5.26 Å². The molecule has 1 aromatic rings. The van der Waals surface area contributed by atoms with Gasteiger partial charge in [0.05, 0.1) is 11.5 Å². The molecule has 1 aromatic carbocycles. The molecule has 2 fully saturated rings. The lowest BCUT2D eigenvalue weighted by atomic mass is 9.70. The van der Waals surface area contributed by atoms with Gasteiger partial charge in [-0.1, -0.05) is 18.0 Å². The average molecular weight is 264 g/mol. The number of hydrogen-bond acceptors (Lipinski definition) is 1. The zero-order valence-electron chi connectivity index (χ0n) is 10.1. The van der Waals surface area contributed by atoms with Crippen LogP contribution in [0.5, 0.6) is 0 Å². The Morgan fingerprint density at radius 1 is 1.44 bits per heavy atom. The van der Waals surface area contributed by atoms with Crippen LogP contribution in [0.4, 0.5) is 4.39 Å². The fourth-order valence-electron chi connectivity index (χ4n) is 3.86. The maximum absolute atomic E-state index is 13.8. The second-order valence-electron chi connectivity index (χ2n) is 5.76. The van der Waals surface area contributed by atoms with Crippen LogP contribution in [0.3, 0.4) is 0 Å². The van der Waals surface area contributed by atoms with Crippen molar-refractivity contribution in [2.45, 2.75) is 32.1 Å². The number of fused-ring (bicyclic) bond motifs is 2. The van der Waals surface area contributed by atoms with Crippen LogP contribution in [0, 0.1) is 34.4 Å². The Hall–Kier alpha value is -1.07. The van der Waals surface area contributed by atoms with Crippen LogP contribution in [0.1, 0.15) is 31.2 Å². The summed E-state index contributed by atoms with van der Waals surface area (Å²) in [4.78, 5) is 0. The zero-order valence-corrected chi connectivity index (χ0v) is 10.9. The number of nitriles is 1. The van der Waals surface area contributed by atoms with E-state index in [4.69, 9.17) is 11.6 Å². The molecule has 18 heavy (non-hydrogen) atoms. The molecule has 1 nitrogen and oxygen atoms in total. The van der Waals surface area contributed by atoms with Crippen LogP contribution in [-0.2, 0) is 6.42 Å². The first-order valence-corrected chi connectivity index (χ1v) is 6.86. The molecular weight excluding hydrogens is 249 g/mol. The molecule has 0 aliphatic heterocycles. The van der Waals surface area contributed by atoms with Crippen molar-refractivity contribution < 1.29 is 4.39 Å². The molecule has 0 heterocycles. The summed E-state index contributed by atoms with van der Waals surface area (Å²) >= 11 is 5.92. The summed E-state index contributed by atoms with van der Waals surface area (Å²) in [5, 5.41) is 10.1. The van der Waals surface area contributed by atoms with E-state index in [0.717, 1.165) is 19.3 Å². The highest BCUT2D eigenvalue weighted by atomic mass is 35.5. The molecule has 2 bridgehead atoms. The first-order valence-electron chi connectivity index (χ1n) is 6.48. The molecule has 3 rings (SSSR count). The zero-order chi connectivity index (χ0) is 12.8. The minimum absolute atomic E-state index is 0.239. The third-order valence-electron chi connectivity index (χ3n) is 4.71. The predicted molar refractivity (Wildman–Crippen MR) is 68.6 cm³/mol. The van der Waals surface area contributed by atoms with E-state index in [9.17, 15) is 9.65 Å².